The quantitative estimate of drug-likeness (QED) is 0.745. The van der Waals surface area contributed by atoms with E-state index in [9.17, 15) is 9.59 Å². The topological polar surface area (TPSA) is 78.9 Å². The van der Waals surface area contributed by atoms with Gasteiger partial charge in [0.05, 0.1) is 12.6 Å². The Hall–Kier alpha value is -2.08. The molecular formula is C20H28N2O4. The Bertz CT molecular complexity index is 636. The standard InChI is InChI=1S/C20H28N2O4/c1-2-22(13-19(23)24)16-11-15(12-16)21-20(25)14-6-5-9-18(10-14)26-17-7-3-4-8-17/h5-6,9-10,15-17H,2-4,7-8,11-13H2,1H3,(H,21,25)(H,23,24). The second-order valence-corrected chi connectivity index (χ2v) is 7.30. The summed E-state index contributed by atoms with van der Waals surface area (Å²) >= 11 is 0. The predicted octanol–water partition coefficient (Wildman–Crippen LogP) is 2.68. The van der Waals surface area contributed by atoms with Crippen LogP contribution in [-0.2, 0) is 4.79 Å². The van der Waals surface area contributed by atoms with Crippen LogP contribution in [0.25, 0.3) is 0 Å². The van der Waals surface area contributed by atoms with Crippen molar-refractivity contribution in [2.24, 2.45) is 0 Å². The van der Waals surface area contributed by atoms with Crippen molar-refractivity contribution in [1.29, 1.82) is 0 Å². The van der Waals surface area contributed by atoms with Crippen LogP contribution in [0.5, 0.6) is 5.75 Å². The maximum absolute atomic E-state index is 12.5. The summed E-state index contributed by atoms with van der Waals surface area (Å²) < 4.78 is 5.97. The predicted molar refractivity (Wildman–Crippen MR) is 98.5 cm³/mol. The van der Waals surface area contributed by atoms with Gasteiger partial charge in [-0.05, 0) is 63.3 Å². The number of likely N-dealkylation sites (N-methyl/N-ethyl adjacent to an activating group) is 1. The monoisotopic (exact) mass is 360 g/mol. The fraction of sp³-hybridized carbons (Fsp3) is 0.600. The molecule has 3 rings (SSSR count). The van der Waals surface area contributed by atoms with E-state index < -0.39 is 5.97 Å². The number of carbonyl (C=O) groups is 2. The van der Waals surface area contributed by atoms with Gasteiger partial charge in [-0.2, -0.15) is 0 Å². The van der Waals surface area contributed by atoms with E-state index in [1.54, 1.807) is 6.07 Å². The smallest absolute Gasteiger partial charge is 0.317 e. The molecule has 0 bridgehead atoms. The lowest BCUT2D eigenvalue weighted by atomic mass is 9.85. The number of hydrogen-bond acceptors (Lipinski definition) is 4. The normalized spacial score (nSPS) is 22.8. The SMILES string of the molecule is CCN(CC(=O)O)C1CC(NC(=O)c2cccc(OC3CCCC3)c2)C1. The summed E-state index contributed by atoms with van der Waals surface area (Å²) in [4.78, 5) is 25.3. The second-order valence-electron chi connectivity index (χ2n) is 7.30. The van der Waals surface area contributed by atoms with E-state index in [-0.39, 0.29) is 30.6 Å². The van der Waals surface area contributed by atoms with Gasteiger partial charge in [-0.25, -0.2) is 0 Å². The molecule has 1 aromatic rings. The zero-order chi connectivity index (χ0) is 18.5. The van der Waals surface area contributed by atoms with Crippen LogP contribution >= 0.6 is 0 Å². The van der Waals surface area contributed by atoms with Gasteiger partial charge in [-0.3, -0.25) is 14.5 Å². The Balaban J connectivity index is 1.49. The first-order valence-electron chi connectivity index (χ1n) is 9.58. The minimum absolute atomic E-state index is 0.0579. The molecule has 2 fully saturated rings. The third kappa shape index (κ3) is 4.75. The number of hydrogen-bond donors (Lipinski definition) is 2. The Labute approximate surface area is 154 Å². The van der Waals surface area contributed by atoms with Crippen molar-refractivity contribution in [3.05, 3.63) is 29.8 Å². The average molecular weight is 360 g/mol. The molecule has 2 aliphatic carbocycles. The van der Waals surface area contributed by atoms with Crippen LogP contribution < -0.4 is 10.1 Å². The van der Waals surface area contributed by atoms with Gasteiger partial charge < -0.3 is 15.2 Å². The molecule has 1 amide bonds. The van der Waals surface area contributed by atoms with Crippen LogP contribution in [0, 0.1) is 0 Å². The van der Waals surface area contributed by atoms with Gasteiger partial charge in [0.25, 0.3) is 5.91 Å². The lowest BCUT2D eigenvalue weighted by molar-refractivity contribution is -0.139. The molecule has 0 spiro atoms. The number of nitrogens with one attached hydrogen (secondary N) is 1. The minimum atomic E-state index is -0.807. The lowest BCUT2D eigenvalue weighted by Crippen LogP contribution is -2.54. The van der Waals surface area contributed by atoms with Crippen molar-refractivity contribution in [3.8, 4) is 5.75 Å². The Kier molecular flexibility index (Phi) is 6.14. The number of carboxylic acid groups (broad SMARTS) is 1. The van der Waals surface area contributed by atoms with E-state index in [4.69, 9.17) is 9.84 Å². The van der Waals surface area contributed by atoms with Crippen LogP contribution in [0.2, 0.25) is 0 Å². The summed E-state index contributed by atoms with van der Waals surface area (Å²) in [5, 5.41) is 12.0. The first kappa shape index (κ1) is 18.7. The molecule has 1 aromatic carbocycles. The average Bonchev–Trinajstić information content (AvgIpc) is 3.08. The van der Waals surface area contributed by atoms with Crippen LogP contribution in [0.4, 0.5) is 0 Å². The number of benzene rings is 1. The second kappa shape index (κ2) is 8.54. The molecular weight excluding hydrogens is 332 g/mol. The Morgan fingerprint density at radius 3 is 2.65 bits per heavy atom. The molecule has 0 heterocycles. The van der Waals surface area contributed by atoms with Gasteiger partial charge in [-0.1, -0.05) is 13.0 Å². The van der Waals surface area contributed by atoms with Crippen molar-refractivity contribution in [2.75, 3.05) is 13.1 Å². The van der Waals surface area contributed by atoms with Crippen LogP contribution in [0.15, 0.2) is 24.3 Å². The fourth-order valence-electron chi connectivity index (χ4n) is 3.85. The summed E-state index contributed by atoms with van der Waals surface area (Å²) in [6.45, 7) is 2.73. The van der Waals surface area contributed by atoms with Crippen molar-refractivity contribution in [2.45, 2.75) is 63.6 Å². The zero-order valence-corrected chi connectivity index (χ0v) is 15.3. The largest absolute Gasteiger partial charge is 0.490 e. The minimum Gasteiger partial charge on any atom is -0.490 e. The molecule has 0 radical (unpaired) electrons. The highest BCUT2D eigenvalue weighted by atomic mass is 16.5. The third-order valence-electron chi connectivity index (χ3n) is 5.41. The molecule has 6 heteroatoms. The third-order valence-corrected chi connectivity index (χ3v) is 5.41. The van der Waals surface area contributed by atoms with Gasteiger partial charge in [0.1, 0.15) is 5.75 Å². The van der Waals surface area contributed by atoms with Crippen molar-refractivity contribution < 1.29 is 19.4 Å². The molecule has 0 atom stereocenters. The van der Waals surface area contributed by atoms with Crippen LogP contribution in [-0.4, -0.2) is 53.2 Å². The highest BCUT2D eigenvalue weighted by molar-refractivity contribution is 5.94. The Morgan fingerprint density at radius 1 is 1.27 bits per heavy atom. The van der Waals surface area contributed by atoms with E-state index in [0.29, 0.717) is 12.1 Å². The number of carbonyl (C=O) groups excluding carboxylic acids is 1. The highest BCUT2D eigenvalue weighted by Crippen LogP contribution is 2.27. The number of ether oxygens (including phenoxy) is 1. The molecule has 6 nitrogen and oxygen atoms in total. The molecule has 0 saturated heterocycles. The van der Waals surface area contributed by atoms with E-state index in [2.05, 4.69) is 5.32 Å². The maximum atomic E-state index is 12.5. The van der Waals surface area contributed by atoms with E-state index in [0.717, 1.165) is 31.4 Å². The summed E-state index contributed by atoms with van der Waals surface area (Å²) in [7, 11) is 0. The maximum Gasteiger partial charge on any atom is 0.317 e. The highest BCUT2D eigenvalue weighted by Gasteiger charge is 2.34. The molecule has 0 aliphatic heterocycles. The summed E-state index contributed by atoms with van der Waals surface area (Å²) in [6, 6.07) is 7.71. The number of rotatable bonds is 8. The number of nitrogens with zero attached hydrogens (tertiary/aromatic N) is 1. The summed E-state index contributed by atoms with van der Waals surface area (Å²) in [6.07, 6.45) is 6.47. The zero-order valence-electron chi connectivity index (χ0n) is 15.3. The van der Waals surface area contributed by atoms with E-state index in [1.165, 1.54) is 12.8 Å². The first-order valence-corrected chi connectivity index (χ1v) is 9.58. The molecule has 2 saturated carbocycles. The van der Waals surface area contributed by atoms with Gasteiger partial charge in [0.2, 0.25) is 0 Å². The van der Waals surface area contributed by atoms with Crippen molar-refractivity contribution >= 4 is 11.9 Å². The summed E-state index contributed by atoms with van der Waals surface area (Å²) in [5.41, 5.74) is 0.613. The van der Waals surface area contributed by atoms with Gasteiger partial charge in [0.15, 0.2) is 0 Å². The molecule has 26 heavy (non-hydrogen) atoms. The fourth-order valence-corrected chi connectivity index (χ4v) is 3.85. The molecule has 0 unspecified atom stereocenters. The van der Waals surface area contributed by atoms with Gasteiger partial charge in [-0.15, -0.1) is 0 Å². The molecule has 142 valence electrons. The van der Waals surface area contributed by atoms with E-state index in [1.807, 2.05) is 30.0 Å². The lowest BCUT2D eigenvalue weighted by Gasteiger charge is -2.42. The van der Waals surface area contributed by atoms with Gasteiger partial charge in [0, 0.05) is 17.6 Å². The Morgan fingerprint density at radius 2 is 2.00 bits per heavy atom. The van der Waals surface area contributed by atoms with Crippen LogP contribution in [0.3, 0.4) is 0 Å². The number of carboxylic acids is 1. The first-order chi connectivity index (χ1) is 12.5. The van der Waals surface area contributed by atoms with Crippen molar-refractivity contribution in [3.63, 3.8) is 0 Å². The molecule has 2 N–H and O–H groups in total. The molecule has 2 aliphatic rings. The van der Waals surface area contributed by atoms with Crippen LogP contribution in [0.1, 0.15) is 55.8 Å². The van der Waals surface area contributed by atoms with Gasteiger partial charge >= 0.3 is 5.97 Å². The summed E-state index contributed by atoms with van der Waals surface area (Å²) in [5.74, 6) is -0.139. The van der Waals surface area contributed by atoms with E-state index >= 15 is 0 Å². The molecule has 0 aromatic heterocycles. The van der Waals surface area contributed by atoms with Crippen molar-refractivity contribution in [1.82, 2.24) is 10.2 Å². The number of amides is 1. The number of aliphatic carboxylic acids is 1.